The third-order valence-corrected chi connectivity index (χ3v) is 19.7. The van der Waals surface area contributed by atoms with Gasteiger partial charge in [0.25, 0.3) is 0 Å². The number of carbonyl (C=O) groups is 2. The maximum atomic E-state index is 13.1. The Morgan fingerprint density at radius 2 is 1.62 bits per heavy atom. The van der Waals surface area contributed by atoms with Crippen LogP contribution in [-0.4, -0.2) is 91.2 Å². The quantitative estimate of drug-likeness (QED) is 0.160. The second-order valence-electron chi connectivity index (χ2n) is 20.7. The first-order valence-corrected chi connectivity index (χ1v) is 24.1. The van der Waals surface area contributed by atoms with Crippen LogP contribution in [0.15, 0.2) is 12.2 Å². The first kappa shape index (κ1) is 41.5. The van der Waals surface area contributed by atoms with Gasteiger partial charge < -0.3 is 15.2 Å². The molecular formula is C43H72N2O6S2. The molecule has 0 aromatic carbocycles. The predicted molar refractivity (Wildman–Crippen MR) is 216 cm³/mol. The van der Waals surface area contributed by atoms with Gasteiger partial charge in [0.2, 0.25) is 0 Å². The Labute approximate surface area is 326 Å². The molecule has 0 radical (unpaired) electrons. The molecule has 5 saturated carbocycles. The zero-order valence-corrected chi connectivity index (χ0v) is 36.2. The van der Waals surface area contributed by atoms with Gasteiger partial charge in [-0.05, 0) is 137 Å². The minimum atomic E-state index is -2.92. The summed E-state index contributed by atoms with van der Waals surface area (Å²) < 4.78 is 30.7. The number of hydrogen-bond donors (Lipinski definition) is 2. The molecule has 2 N–H and O–H groups in total. The summed E-state index contributed by atoms with van der Waals surface area (Å²) in [6, 6.07) is 0.331. The molecule has 302 valence electrons. The van der Waals surface area contributed by atoms with Crippen LogP contribution in [0.5, 0.6) is 0 Å². The number of nitrogens with zero attached hydrogens (tertiary/aromatic N) is 1. The van der Waals surface area contributed by atoms with Crippen LogP contribution in [0.25, 0.3) is 0 Å². The van der Waals surface area contributed by atoms with E-state index in [9.17, 15) is 23.1 Å². The summed E-state index contributed by atoms with van der Waals surface area (Å²) in [4.78, 5) is 27.3. The number of carboxylic acid groups (broad SMARTS) is 1. The lowest BCUT2D eigenvalue weighted by Crippen LogP contribution is -2.69. The Morgan fingerprint density at radius 3 is 2.25 bits per heavy atom. The molecular weight excluding hydrogens is 705 g/mol. The lowest BCUT2D eigenvalue weighted by atomic mass is 9.32. The fourth-order valence-corrected chi connectivity index (χ4v) is 16.1. The van der Waals surface area contributed by atoms with E-state index < -0.39 is 21.2 Å². The number of thioether (sulfide) groups is 1. The van der Waals surface area contributed by atoms with E-state index in [1.165, 1.54) is 50.5 Å². The molecule has 53 heavy (non-hydrogen) atoms. The van der Waals surface area contributed by atoms with Crippen molar-refractivity contribution in [1.29, 1.82) is 0 Å². The number of allylic oxidation sites excluding steroid dienone is 1. The zero-order chi connectivity index (χ0) is 39.0. The van der Waals surface area contributed by atoms with Crippen molar-refractivity contribution in [2.24, 2.45) is 56.7 Å². The van der Waals surface area contributed by atoms with Crippen molar-refractivity contribution in [3.63, 3.8) is 0 Å². The molecule has 5 aliphatic carbocycles. The minimum absolute atomic E-state index is 0.0930. The number of hydrogen-bond acceptors (Lipinski definition) is 8. The number of ether oxygens (including phenoxy) is 1. The molecule has 0 aromatic heterocycles. The molecule has 0 bridgehead atoms. The van der Waals surface area contributed by atoms with Gasteiger partial charge in [0, 0.05) is 42.4 Å². The molecule has 8 nitrogen and oxygen atoms in total. The molecule has 10 heteroatoms. The summed E-state index contributed by atoms with van der Waals surface area (Å²) >= 11 is 1.87. The third-order valence-electron chi connectivity index (χ3n) is 17.4. The van der Waals surface area contributed by atoms with Crippen LogP contribution in [0.4, 0.5) is 0 Å². The van der Waals surface area contributed by atoms with Gasteiger partial charge in [-0.25, -0.2) is 8.42 Å². The molecule has 0 aromatic rings. The standard InChI is InChI=1S/C43H72N2O6S2/c1-28(2)30-13-18-43(44-26-29(27-52-10)45-21-23-53(49,50)24-22-45)20-19-41(8)31(36(30)43)11-12-33-40(7)16-15-34(51-35(46)25-38(3,4)37(47)48)39(5,6)32(40)14-17-42(33,41)9/h29-34,36,44H,1,11-27H2,2-10H3,(H,47,48)/t29?,30-,31+,32-,33+,34-,36+,40-,41+,42+,43-/m0/s1. The molecule has 6 rings (SSSR count). The van der Waals surface area contributed by atoms with Crippen LogP contribution >= 0.6 is 11.8 Å². The van der Waals surface area contributed by atoms with Crippen LogP contribution < -0.4 is 5.32 Å². The smallest absolute Gasteiger partial charge is 0.309 e. The van der Waals surface area contributed by atoms with Crippen molar-refractivity contribution in [1.82, 2.24) is 10.2 Å². The maximum absolute atomic E-state index is 13.1. The van der Waals surface area contributed by atoms with Crippen molar-refractivity contribution >= 4 is 33.5 Å². The maximum Gasteiger partial charge on any atom is 0.309 e. The summed E-state index contributed by atoms with van der Waals surface area (Å²) in [5.74, 6) is 2.93. The normalized spacial score (nSPS) is 42.7. The van der Waals surface area contributed by atoms with Crippen LogP contribution in [0.3, 0.4) is 0 Å². The highest BCUT2D eigenvalue weighted by Crippen LogP contribution is 2.76. The summed E-state index contributed by atoms with van der Waals surface area (Å²) in [5, 5.41) is 13.9. The largest absolute Gasteiger partial charge is 0.481 e. The lowest BCUT2D eigenvalue weighted by Gasteiger charge is -2.73. The van der Waals surface area contributed by atoms with Gasteiger partial charge in [0.15, 0.2) is 9.84 Å². The van der Waals surface area contributed by atoms with Gasteiger partial charge in [-0.1, -0.05) is 46.8 Å². The Morgan fingerprint density at radius 1 is 0.943 bits per heavy atom. The molecule has 11 atom stereocenters. The molecule has 0 amide bonds. The number of carboxylic acids is 1. The van der Waals surface area contributed by atoms with E-state index in [1.54, 1.807) is 13.8 Å². The first-order valence-electron chi connectivity index (χ1n) is 20.8. The Bertz CT molecular complexity index is 1530. The van der Waals surface area contributed by atoms with E-state index in [4.69, 9.17) is 4.74 Å². The molecule has 1 unspecified atom stereocenters. The fourth-order valence-electron chi connectivity index (χ4n) is 14.2. The minimum Gasteiger partial charge on any atom is -0.481 e. The van der Waals surface area contributed by atoms with E-state index >= 15 is 0 Å². The molecule has 1 heterocycles. The van der Waals surface area contributed by atoms with Crippen molar-refractivity contribution in [2.75, 3.05) is 43.1 Å². The summed E-state index contributed by atoms with van der Waals surface area (Å²) in [6.45, 7) is 24.8. The number of aliphatic carboxylic acids is 1. The number of fused-ring (bicyclic) bond motifs is 7. The first-order chi connectivity index (χ1) is 24.6. The topological polar surface area (TPSA) is 113 Å². The summed E-state index contributed by atoms with van der Waals surface area (Å²) in [6.07, 6.45) is 13.4. The average Bonchev–Trinajstić information content (AvgIpc) is 3.45. The number of rotatable bonds is 11. The Hall–Kier alpha value is -1.10. The van der Waals surface area contributed by atoms with E-state index in [0.717, 1.165) is 31.6 Å². The Balaban J connectivity index is 1.23. The van der Waals surface area contributed by atoms with E-state index in [0.29, 0.717) is 48.7 Å². The highest BCUT2D eigenvalue weighted by Gasteiger charge is 2.71. The summed E-state index contributed by atoms with van der Waals surface area (Å²) in [7, 11) is -2.92. The van der Waals surface area contributed by atoms with Gasteiger partial charge >= 0.3 is 11.9 Å². The van der Waals surface area contributed by atoms with Crippen molar-refractivity contribution < 1.29 is 27.9 Å². The van der Waals surface area contributed by atoms with E-state index in [2.05, 4.69) is 64.6 Å². The van der Waals surface area contributed by atoms with Crippen LogP contribution in [0.1, 0.15) is 126 Å². The molecule has 6 fully saturated rings. The monoisotopic (exact) mass is 776 g/mol. The number of esters is 1. The van der Waals surface area contributed by atoms with E-state index in [-0.39, 0.29) is 57.2 Å². The van der Waals surface area contributed by atoms with Gasteiger partial charge in [0.1, 0.15) is 6.10 Å². The van der Waals surface area contributed by atoms with Gasteiger partial charge in [-0.2, -0.15) is 11.8 Å². The van der Waals surface area contributed by atoms with Crippen LogP contribution in [-0.2, 0) is 24.2 Å². The number of carbonyl (C=O) groups excluding carboxylic acids is 1. The zero-order valence-electron chi connectivity index (χ0n) is 34.5. The molecule has 1 aliphatic heterocycles. The predicted octanol–water partition coefficient (Wildman–Crippen LogP) is 7.86. The number of nitrogens with one attached hydrogen (secondary N) is 1. The molecule has 1 saturated heterocycles. The third kappa shape index (κ3) is 7.00. The second kappa shape index (κ2) is 14.4. The fraction of sp³-hybridized carbons (Fsp3) is 0.907. The molecule has 6 aliphatic rings. The average molecular weight is 777 g/mol. The van der Waals surface area contributed by atoms with Gasteiger partial charge in [-0.3, -0.25) is 14.5 Å². The second-order valence-corrected chi connectivity index (χ2v) is 23.9. The SMILES string of the molecule is C=C(C)[C@@H]1CC[C@]2(NCC(CSC)N3CCS(=O)(=O)CC3)CC[C@]3(C)[C@H](CC[C@@H]4[C@@]5(C)CC[C@H](OC(=O)CC(C)(C)C(=O)O)C(C)(C)[C@@H]5CC[C@]43C)[C@@H]12. The Kier molecular flexibility index (Phi) is 11.3. The lowest BCUT2D eigenvalue weighted by molar-refractivity contribution is -0.246. The highest BCUT2D eigenvalue weighted by molar-refractivity contribution is 7.98. The van der Waals surface area contributed by atoms with Crippen molar-refractivity contribution in [3.8, 4) is 0 Å². The van der Waals surface area contributed by atoms with E-state index in [1.807, 2.05) is 11.8 Å². The van der Waals surface area contributed by atoms with Crippen molar-refractivity contribution in [3.05, 3.63) is 12.2 Å². The molecule has 0 spiro atoms. The van der Waals surface area contributed by atoms with Gasteiger partial charge in [-0.15, -0.1) is 0 Å². The van der Waals surface area contributed by atoms with Crippen molar-refractivity contribution in [2.45, 2.75) is 144 Å². The number of sulfone groups is 1. The highest BCUT2D eigenvalue weighted by atomic mass is 32.2. The van der Waals surface area contributed by atoms with Gasteiger partial charge in [0.05, 0.1) is 23.3 Å². The summed E-state index contributed by atoms with van der Waals surface area (Å²) in [5.41, 5.74) is 0.675. The van der Waals surface area contributed by atoms with Crippen LogP contribution in [0, 0.1) is 56.7 Å². The van der Waals surface area contributed by atoms with Crippen LogP contribution in [0.2, 0.25) is 0 Å².